The minimum absolute atomic E-state index is 0.00945. The van der Waals surface area contributed by atoms with E-state index < -0.39 is 11.7 Å². The number of hydrogen-bond acceptors (Lipinski definition) is 3. The highest BCUT2D eigenvalue weighted by molar-refractivity contribution is 6.38. The van der Waals surface area contributed by atoms with Gasteiger partial charge in [0.1, 0.15) is 17.8 Å². The van der Waals surface area contributed by atoms with Crippen molar-refractivity contribution in [1.82, 2.24) is 9.97 Å². The number of rotatable bonds is 2. The summed E-state index contributed by atoms with van der Waals surface area (Å²) in [5.41, 5.74) is -0.223. The second-order valence-electron chi connectivity index (χ2n) is 3.41. The Kier molecular flexibility index (Phi) is 4.19. The van der Waals surface area contributed by atoms with Gasteiger partial charge in [-0.2, -0.15) is 0 Å². The molecule has 0 atom stereocenters. The van der Waals surface area contributed by atoms with Crippen LogP contribution in [0.3, 0.4) is 0 Å². The zero-order chi connectivity index (χ0) is 14.0. The number of nitrogens with zero attached hydrogens (tertiary/aromatic N) is 2. The maximum absolute atomic E-state index is 13.5. The van der Waals surface area contributed by atoms with Crippen LogP contribution in [0.2, 0.25) is 15.3 Å². The zero-order valence-corrected chi connectivity index (χ0v) is 11.4. The van der Waals surface area contributed by atoms with Crippen molar-refractivity contribution in [1.29, 1.82) is 0 Å². The lowest BCUT2D eigenvalue weighted by Crippen LogP contribution is -2.15. The third-order valence-corrected chi connectivity index (χ3v) is 2.97. The molecule has 0 aliphatic heterocycles. The summed E-state index contributed by atoms with van der Waals surface area (Å²) >= 11 is 17.2. The molecule has 0 bridgehead atoms. The maximum Gasteiger partial charge on any atom is 0.258 e. The molecule has 2 aromatic rings. The number of benzene rings is 1. The smallest absolute Gasteiger partial charge is 0.258 e. The van der Waals surface area contributed by atoms with Gasteiger partial charge < -0.3 is 5.32 Å². The number of aromatic nitrogens is 2. The molecule has 19 heavy (non-hydrogen) atoms. The van der Waals surface area contributed by atoms with E-state index >= 15 is 0 Å². The Morgan fingerprint density at radius 2 is 1.79 bits per heavy atom. The largest absolute Gasteiger partial charge is 0.317 e. The summed E-state index contributed by atoms with van der Waals surface area (Å²) < 4.78 is 13.5. The van der Waals surface area contributed by atoms with Crippen molar-refractivity contribution in [2.24, 2.45) is 0 Å². The molecule has 1 N–H and O–H groups in total. The number of amides is 1. The van der Waals surface area contributed by atoms with Gasteiger partial charge in [-0.15, -0.1) is 0 Å². The first kappa shape index (κ1) is 14.0. The third-order valence-electron chi connectivity index (χ3n) is 2.17. The average molecular weight is 321 g/mol. The van der Waals surface area contributed by atoms with Crippen LogP contribution in [0.5, 0.6) is 0 Å². The van der Waals surface area contributed by atoms with Crippen LogP contribution >= 0.6 is 34.8 Å². The predicted molar refractivity (Wildman–Crippen MR) is 71.4 cm³/mol. The van der Waals surface area contributed by atoms with Crippen LogP contribution in [0.25, 0.3) is 0 Å². The molecule has 0 fully saturated rings. The van der Waals surface area contributed by atoms with Crippen molar-refractivity contribution >= 4 is 46.4 Å². The number of nitrogens with one attached hydrogen (secondary N) is 1. The third kappa shape index (κ3) is 3.12. The Labute approximate surface area is 122 Å². The lowest BCUT2D eigenvalue weighted by Gasteiger charge is -2.08. The van der Waals surface area contributed by atoms with Gasteiger partial charge in [0.05, 0.1) is 5.56 Å². The molecule has 8 heteroatoms. The topological polar surface area (TPSA) is 54.9 Å². The van der Waals surface area contributed by atoms with Crippen molar-refractivity contribution in [3.8, 4) is 0 Å². The number of anilines is 1. The molecule has 0 aliphatic carbocycles. The molecule has 0 saturated heterocycles. The van der Waals surface area contributed by atoms with Crippen LogP contribution in [-0.2, 0) is 0 Å². The van der Waals surface area contributed by atoms with Gasteiger partial charge in [0.2, 0.25) is 0 Å². The van der Waals surface area contributed by atoms with Gasteiger partial charge in [-0.25, -0.2) is 14.4 Å². The maximum atomic E-state index is 13.5. The molecule has 0 spiro atoms. The summed E-state index contributed by atoms with van der Waals surface area (Å²) in [6.07, 6.45) is 1.14. The van der Waals surface area contributed by atoms with Crippen molar-refractivity contribution in [2.75, 3.05) is 5.32 Å². The van der Waals surface area contributed by atoms with E-state index in [0.29, 0.717) is 0 Å². The first-order chi connectivity index (χ1) is 8.99. The molecule has 0 unspecified atom stereocenters. The zero-order valence-electron chi connectivity index (χ0n) is 9.12. The van der Waals surface area contributed by atoms with Gasteiger partial charge in [0.15, 0.2) is 10.3 Å². The van der Waals surface area contributed by atoms with Crippen LogP contribution < -0.4 is 5.32 Å². The molecule has 1 aromatic heterocycles. The molecule has 98 valence electrons. The monoisotopic (exact) mass is 319 g/mol. The molecular formula is C11H5Cl3FN3O. The van der Waals surface area contributed by atoms with Crippen molar-refractivity contribution in [2.45, 2.75) is 0 Å². The van der Waals surface area contributed by atoms with Gasteiger partial charge in [0, 0.05) is 5.02 Å². The number of hydrogen-bond donors (Lipinski definition) is 1. The minimum Gasteiger partial charge on any atom is -0.317 e. The van der Waals surface area contributed by atoms with Crippen LogP contribution in [0, 0.1) is 5.82 Å². The summed E-state index contributed by atoms with van der Waals surface area (Å²) in [5.74, 6) is -1.47. The van der Waals surface area contributed by atoms with E-state index in [2.05, 4.69) is 15.3 Å². The van der Waals surface area contributed by atoms with Gasteiger partial charge in [0.25, 0.3) is 5.91 Å². The molecule has 2 rings (SSSR count). The fourth-order valence-corrected chi connectivity index (χ4v) is 1.88. The first-order valence-corrected chi connectivity index (χ1v) is 6.05. The molecular weight excluding hydrogens is 315 g/mol. The van der Waals surface area contributed by atoms with Gasteiger partial charge in [-0.3, -0.25) is 4.79 Å². The number of halogens is 4. The summed E-state index contributed by atoms with van der Waals surface area (Å²) in [6, 6.07) is 3.61. The Morgan fingerprint density at radius 3 is 2.42 bits per heavy atom. The Balaban J connectivity index is 2.34. The summed E-state index contributed by atoms with van der Waals surface area (Å²) in [4.78, 5) is 19.2. The molecule has 0 radical (unpaired) electrons. The van der Waals surface area contributed by atoms with Crippen LogP contribution in [0.1, 0.15) is 10.4 Å². The SMILES string of the molecule is O=C(Nc1c(Cl)ncnc1Cl)c1cc(Cl)ccc1F. The van der Waals surface area contributed by atoms with E-state index in [-0.39, 0.29) is 26.6 Å². The van der Waals surface area contributed by atoms with Gasteiger partial charge in [-0.05, 0) is 18.2 Å². The lowest BCUT2D eigenvalue weighted by molar-refractivity contribution is 0.102. The fraction of sp³-hybridized carbons (Fsp3) is 0. The molecule has 1 heterocycles. The fourth-order valence-electron chi connectivity index (χ4n) is 1.30. The first-order valence-electron chi connectivity index (χ1n) is 4.91. The number of carbonyl (C=O) groups is 1. The van der Waals surface area contributed by atoms with E-state index in [4.69, 9.17) is 34.8 Å². The van der Waals surface area contributed by atoms with E-state index in [1.807, 2.05) is 0 Å². The Bertz CT molecular complexity index is 631. The van der Waals surface area contributed by atoms with Crippen LogP contribution in [-0.4, -0.2) is 15.9 Å². The van der Waals surface area contributed by atoms with Crippen LogP contribution in [0.4, 0.5) is 10.1 Å². The van der Waals surface area contributed by atoms with E-state index in [1.54, 1.807) is 0 Å². The highest BCUT2D eigenvalue weighted by atomic mass is 35.5. The molecule has 1 aromatic carbocycles. The van der Waals surface area contributed by atoms with E-state index in [9.17, 15) is 9.18 Å². The summed E-state index contributed by atoms with van der Waals surface area (Å²) in [6.45, 7) is 0. The highest BCUT2D eigenvalue weighted by Crippen LogP contribution is 2.26. The highest BCUT2D eigenvalue weighted by Gasteiger charge is 2.16. The van der Waals surface area contributed by atoms with Gasteiger partial charge in [-0.1, -0.05) is 34.8 Å². The van der Waals surface area contributed by atoms with Crippen molar-refractivity contribution in [3.05, 3.63) is 51.2 Å². The molecule has 0 saturated carbocycles. The van der Waals surface area contributed by atoms with E-state index in [1.165, 1.54) is 12.1 Å². The minimum atomic E-state index is -0.751. The van der Waals surface area contributed by atoms with Gasteiger partial charge >= 0.3 is 0 Å². The number of carbonyl (C=O) groups excluding carboxylic acids is 1. The van der Waals surface area contributed by atoms with Crippen molar-refractivity contribution < 1.29 is 9.18 Å². The van der Waals surface area contributed by atoms with Crippen molar-refractivity contribution in [3.63, 3.8) is 0 Å². The quantitative estimate of drug-likeness (QED) is 0.856. The van der Waals surface area contributed by atoms with E-state index in [0.717, 1.165) is 12.4 Å². The summed E-state index contributed by atoms with van der Waals surface area (Å²) in [5, 5.41) is 2.47. The Hall–Kier alpha value is -1.43. The Morgan fingerprint density at radius 1 is 1.16 bits per heavy atom. The average Bonchev–Trinajstić information content (AvgIpc) is 2.37. The molecule has 4 nitrogen and oxygen atoms in total. The summed E-state index contributed by atoms with van der Waals surface area (Å²) in [7, 11) is 0. The standard InChI is InChI=1S/C11H5Cl3FN3O/c12-5-1-2-7(15)6(3-5)11(19)18-8-9(13)16-4-17-10(8)14/h1-4H,(H,18,19). The normalized spacial score (nSPS) is 10.3. The van der Waals surface area contributed by atoms with Crippen LogP contribution in [0.15, 0.2) is 24.5 Å². The second-order valence-corrected chi connectivity index (χ2v) is 4.56. The lowest BCUT2D eigenvalue weighted by atomic mass is 10.2. The molecule has 1 amide bonds. The predicted octanol–water partition coefficient (Wildman–Crippen LogP) is 3.83. The molecule has 0 aliphatic rings. The second kappa shape index (κ2) is 5.69.